The Labute approximate surface area is 349 Å². The second-order valence-corrected chi connectivity index (χ2v) is 17.6. The van der Waals surface area contributed by atoms with E-state index in [-0.39, 0.29) is 12.1 Å². The summed E-state index contributed by atoms with van der Waals surface area (Å²) >= 11 is 0. The van der Waals surface area contributed by atoms with Gasteiger partial charge in [-0.15, -0.1) is 0 Å². The van der Waals surface area contributed by atoms with Gasteiger partial charge in [-0.05, 0) is 116 Å². The van der Waals surface area contributed by atoms with Gasteiger partial charge in [0.05, 0.1) is 11.4 Å². The third-order valence-electron chi connectivity index (χ3n) is 13.6. The van der Waals surface area contributed by atoms with E-state index in [1.165, 1.54) is 27.8 Å². The molecule has 0 aromatic heterocycles. The normalized spacial score (nSPS) is 15.7. The van der Waals surface area contributed by atoms with Gasteiger partial charge in [0.1, 0.15) is 28.7 Å². The van der Waals surface area contributed by atoms with Crippen molar-refractivity contribution in [2.45, 2.75) is 38.5 Å². The lowest BCUT2D eigenvalue weighted by atomic mass is 9.35. The summed E-state index contributed by atoms with van der Waals surface area (Å²) in [7, 11) is 0. The zero-order valence-electron chi connectivity index (χ0n) is 33.7. The zero-order valence-corrected chi connectivity index (χ0v) is 33.7. The first kappa shape index (κ1) is 33.8. The van der Waals surface area contributed by atoms with E-state index >= 15 is 0 Å². The average molecular weight is 776 g/mol. The van der Waals surface area contributed by atoms with Crippen molar-refractivity contribution in [1.29, 1.82) is 0 Å². The third kappa shape index (κ3) is 4.43. The Morgan fingerprint density at radius 2 is 0.817 bits per heavy atom. The maximum absolute atomic E-state index is 6.79. The van der Waals surface area contributed by atoms with Crippen LogP contribution in [0.5, 0.6) is 46.0 Å². The molecule has 8 aromatic carbocycles. The Bertz CT molecular complexity index is 2850. The van der Waals surface area contributed by atoms with Crippen molar-refractivity contribution < 1.29 is 18.9 Å². The lowest BCUT2D eigenvalue weighted by Crippen LogP contribution is -2.57. The maximum atomic E-state index is 6.79. The van der Waals surface area contributed by atoms with Crippen molar-refractivity contribution >= 4 is 40.2 Å². The Hall–Kier alpha value is -7.18. The van der Waals surface area contributed by atoms with E-state index in [0.717, 1.165) is 96.1 Å². The molecule has 0 radical (unpaired) electrons. The number of rotatable bonds is 2. The molecule has 0 atom stereocenters. The average Bonchev–Trinajstić information content (AvgIpc) is 3.27. The molecule has 8 aromatic rings. The number of anilines is 3. The Balaban J connectivity index is 0.998. The molecule has 0 saturated carbocycles. The van der Waals surface area contributed by atoms with Crippen LogP contribution >= 0.6 is 0 Å². The standard InChI is InChI=1S/C54H38BNO4/c1-53(2)35-17-13-15-33(31-27-45-51-46(28-31)58-42-24-10-6-20-38(42)55(51)37-19-5-9-23-41(37)57-45)49(35)54(3,4)50-34(16-14-18-36(50)53)32-29-47-52-48(30-32)60-44-26-12-8-22-40(44)56(52)39-21-7-11-25-43(39)59-47/h5-30H,1-4H3. The largest absolute Gasteiger partial charge is 0.458 e. The highest BCUT2D eigenvalue weighted by Gasteiger charge is 2.46. The lowest BCUT2D eigenvalue weighted by molar-refractivity contribution is 0.446. The molecule has 4 heterocycles. The monoisotopic (exact) mass is 775 g/mol. The van der Waals surface area contributed by atoms with Gasteiger partial charge in [-0.2, -0.15) is 0 Å². The predicted molar refractivity (Wildman–Crippen MR) is 241 cm³/mol. The number of fused-ring (bicyclic) bond motifs is 10. The molecule has 6 heteroatoms. The van der Waals surface area contributed by atoms with Gasteiger partial charge >= 0.3 is 0 Å². The van der Waals surface area contributed by atoms with Gasteiger partial charge in [0, 0.05) is 16.3 Å². The first-order chi connectivity index (χ1) is 29.3. The molecule has 5 nitrogen and oxygen atoms in total. The van der Waals surface area contributed by atoms with E-state index in [2.05, 4.69) is 166 Å². The van der Waals surface area contributed by atoms with Crippen molar-refractivity contribution in [2.75, 3.05) is 4.90 Å². The van der Waals surface area contributed by atoms with Crippen LogP contribution in [0.4, 0.5) is 17.1 Å². The minimum Gasteiger partial charge on any atom is -0.458 e. The summed E-state index contributed by atoms with van der Waals surface area (Å²) < 4.78 is 27.1. The number of hydrogen-bond donors (Lipinski definition) is 0. The predicted octanol–water partition coefficient (Wildman–Crippen LogP) is 12.4. The first-order valence-corrected chi connectivity index (χ1v) is 20.8. The molecule has 0 unspecified atom stereocenters. The molecule has 5 aliphatic rings. The summed E-state index contributed by atoms with van der Waals surface area (Å²) in [5.41, 5.74) is 15.2. The zero-order chi connectivity index (χ0) is 40.1. The molecule has 4 aliphatic heterocycles. The summed E-state index contributed by atoms with van der Waals surface area (Å²) in [6.07, 6.45) is 0. The van der Waals surface area contributed by atoms with E-state index in [1.54, 1.807) is 0 Å². The molecule has 1 aliphatic carbocycles. The maximum Gasteiger partial charge on any atom is 0.260 e. The van der Waals surface area contributed by atoms with Crippen LogP contribution < -0.4 is 40.2 Å². The smallest absolute Gasteiger partial charge is 0.260 e. The first-order valence-electron chi connectivity index (χ1n) is 20.8. The topological polar surface area (TPSA) is 40.2 Å². The summed E-state index contributed by atoms with van der Waals surface area (Å²) in [5.74, 6) is 6.62. The molecule has 286 valence electrons. The van der Waals surface area contributed by atoms with Crippen LogP contribution in [0, 0.1) is 0 Å². The number of nitrogens with zero attached hydrogens (tertiary/aromatic N) is 1. The molecular weight excluding hydrogens is 737 g/mol. The molecular formula is C54H38BNO4. The highest BCUT2D eigenvalue weighted by Crippen LogP contribution is 2.62. The van der Waals surface area contributed by atoms with Gasteiger partial charge < -0.3 is 18.9 Å². The van der Waals surface area contributed by atoms with Crippen LogP contribution in [-0.2, 0) is 10.8 Å². The van der Waals surface area contributed by atoms with E-state index in [1.807, 2.05) is 24.3 Å². The van der Waals surface area contributed by atoms with Crippen molar-refractivity contribution in [3.63, 3.8) is 0 Å². The fourth-order valence-corrected chi connectivity index (χ4v) is 11.0. The minimum atomic E-state index is -0.427. The number of para-hydroxylation sites is 6. The fourth-order valence-electron chi connectivity index (χ4n) is 11.0. The SMILES string of the molecule is CC1(C)c2cccc(-c3cc4c5c(c3)Oc3ccccc3B5c3ccccc3O4)c2C(C)(C)c2c(-c3cc4c5c(c3)Oc3ccccc3N5c3ccccc3O4)cccc21. The minimum absolute atomic E-state index is 0.0253. The van der Waals surface area contributed by atoms with Gasteiger partial charge in [-0.3, -0.25) is 4.90 Å². The van der Waals surface area contributed by atoms with Gasteiger partial charge in [0.15, 0.2) is 23.0 Å². The quantitative estimate of drug-likeness (QED) is 0.164. The Morgan fingerprint density at radius 1 is 0.400 bits per heavy atom. The van der Waals surface area contributed by atoms with E-state index < -0.39 is 5.41 Å². The van der Waals surface area contributed by atoms with Gasteiger partial charge in [-0.25, -0.2) is 0 Å². The summed E-state index contributed by atoms with van der Waals surface area (Å²) in [6, 6.07) is 55.8. The number of benzene rings is 8. The molecule has 0 bridgehead atoms. The molecule has 0 saturated heterocycles. The second-order valence-electron chi connectivity index (χ2n) is 17.6. The molecule has 0 fully saturated rings. The van der Waals surface area contributed by atoms with E-state index in [9.17, 15) is 0 Å². The van der Waals surface area contributed by atoms with E-state index in [4.69, 9.17) is 18.9 Å². The molecule has 60 heavy (non-hydrogen) atoms. The van der Waals surface area contributed by atoms with Crippen molar-refractivity contribution in [1.82, 2.24) is 0 Å². The van der Waals surface area contributed by atoms with Crippen LogP contribution in [0.15, 0.2) is 158 Å². The Kier molecular flexibility index (Phi) is 6.60. The van der Waals surface area contributed by atoms with Crippen molar-refractivity contribution in [2.24, 2.45) is 0 Å². The number of hydrogen-bond acceptors (Lipinski definition) is 5. The van der Waals surface area contributed by atoms with Gasteiger partial charge in [0.2, 0.25) is 0 Å². The van der Waals surface area contributed by atoms with Crippen molar-refractivity contribution in [3.8, 4) is 68.2 Å². The highest BCUT2D eigenvalue weighted by molar-refractivity contribution is 6.98. The summed E-state index contributed by atoms with van der Waals surface area (Å²) in [6.45, 7) is 9.52. The molecule has 0 spiro atoms. The van der Waals surface area contributed by atoms with Gasteiger partial charge in [0.25, 0.3) is 6.71 Å². The van der Waals surface area contributed by atoms with Crippen molar-refractivity contribution in [3.05, 3.63) is 180 Å². The third-order valence-corrected chi connectivity index (χ3v) is 13.6. The fraction of sp³-hybridized carbons (Fsp3) is 0.111. The van der Waals surface area contributed by atoms with Crippen LogP contribution in [0.3, 0.4) is 0 Å². The second kappa shape index (κ2) is 11.7. The molecule has 13 rings (SSSR count). The molecule has 0 amide bonds. The number of ether oxygens (including phenoxy) is 4. The van der Waals surface area contributed by atoms with E-state index in [0.29, 0.717) is 0 Å². The van der Waals surface area contributed by atoms with Crippen LogP contribution in [0.1, 0.15) is 49.9 Å². The van der Waals surface area contributed by atoms with Gasteiger partial charge in [-0.1, -0.05) is 125 Å². The summed E-state index contributed by atoms with van der Waals surface area (Å²) in [4.78, 5) is 2.28. The highest BCUT2D eigenvalue weighted by atomic mass is 16.5. The Morgan fingerprint density at radius 3 is 1.32 bits per heavy atom. The summed E-state index contributed by atoms with van der Waals surface area (Å²) in [5, 5.41) is 0. The van der Waals surface area contributed by atoms with Crippen LogP contribution in [-0.4, -0.2) is 6.71 Å². The van der Waals surface area contributed by atoms with Crippen LogP contribution in [0.2, 0.25) is 0 Å². The lowest BCUT2D eigenvalue weighted by Gasteiger charge is -2.46. The van der Waals surface area contributed by atoms with Crippen LogP contribution in [0.25, 0.3) is 22.3 Å². The molecule has 0 N–H and O–H groups in total.